The molecule has 1 unspecified atom stereocenters. The van der Waals surface area contributed by atoms with Crippen molar-refractivity contribution in [3.63, 3.8) is 0 Å². The van der Waals surface area contributed by atoms with E-state index in [4.69, 9.17) is 9.47 Å². The van der Waals surface area contributed by atoms with Crippen LogP contribution in [-0.2, 0) is 14.3 Å². The lowest BCUT2D eigenvalue weighted by molar-refractivity contribution is -0.147. The Hall–Kier alpha value is -2.15. The highest BCUT2D eigenvalue weighted by atomic mass is 19.1. The fourth-order valence-corrected chi connectivity index (χ4v) is 2.17. The third kappa shape index (κ3) is 4.17. The average Bonchev–Trinajstić information content (AvgIpc) is 2.95. The van der Waals surface area contributed by atoms with Crippen molar-refractivity contribution in [2.75, 3.05) is 19.8 Å². The highest BCUT2D eigenvalue weighted by molar-refractivity contribution is 5.87. The first-order valence-corrected chi connectivity index (χ1v) is 7.02. The molecule has 1 aliphatic rings. The molecule has 0 radical (unpaired) electrons. The van der Waals surface area contributed by atoms with Crippen molar-refractivity contribution in [2.45, 2.75) is 24.8 Å². The molecule has 1 aromatic rings. The van der Waals surface area contributed by atoms with Crippen molar-refractivity contribution in [2.24, 2.45) is 0 Å². The predicted molar refractivity (Wildman–Crippen MR) is 75.1 cm³/mol. The lowest BCUT2D eigenvalue weighted by atomic mass is 9.99. The molecule has 1 aliphatic heterocycles. The van der Waals surface area contributed by atoms with Crippen molar-refractivity contribution in [1.82, 2.24) is 5.32 Å². The molecule has 1 heterocycles. The van der Waals surface area contributed by atoms with E-state index >= 15 is 0 Å². The molecule has 0 saturated carbocycles. The van der Waals surface area contributed by atoms with Crippen LogP contribution < -0.4 is 10.1 Å². The SMILES string of the molecule is O=C(CCCOc1ccc(F)cc1)NC1(C(=O)O)CCOC1. The van der Waals surface area contributed by atoms with Gasteiger partial charge in [0, 0.05) is 19.4 Å². The van der Waals surface area contributed by atoms with Gasteiger partial charge in [0.15, 0.2) is 5.54 Å². The molecule has 0 aliphatic carbocycles. The summed E-state index contributed by atoms with van der Waals surface area (Å²) in [5.41, 5.74) is -1.31. The molecule has 1 amide bonds. The summed E-state index contributed by atoms with van der Waals surface area (Å²) >= 11 is 0. The minimum absolute atomic E-state index is 0.0137. The standard InChI is InChI=1S/C15H18FNO5/c16-11-3-5-12(6-4-11)22-8-1-2-13(18)17-15(14(19)20)7-9-21-10-15/h3-6H,1-2,7-10H2,(H,17,18)(H,19,20). The quantitative estimate of drug-likeness (QED) is 0.742. The van der Waals surface area contributed by atoms with E-state index in [1.165, 1.54) is 24.3 Å². The van der Waals surface area contributed by atoms with Gasteiger partial charge in [-0.15, -0.1) is 0 Å². The predicted octanol–water partition coefficient (Wildman–Crippen LogP) is 1.34. The minimum Gasteiger partial charge on any atom is -0.494 e. The van der Waals surface area contributed by atoms with E-state index in [1.807, 2.05) is 0 Å². The maximum Gasteiger partial charge on any atom is 0.331 e. The Morgan fingerprint density at radius 2 is 2.09 bits per heavy atom. The third-order valence-electron chi connectivity index (χ3n) is 3.44. The van der Waals surface area contributed by atoms with Crippen molar-refractivity contribution < 1.29 is 28.6 Å². The van der Waals surface area contributed by atoms with Crippen LogP contribution in [0.2, 0.25) is 0 Å². The van der Waals surface area contributed by atoms with Crippen LogP contribution in [-0.4, -0.2) is 42.3 Å². The van der Waals surface area contributed by atoms with Gasteiger partial charge >= 0.3 is 5.97 Å². The summed E-state index contributed by atoms with van der Waals surface area (Å²) in [6.45, 7) is 0.593. The molecule has 1 fully saturated rings. The number of benzene rings is 1. The highest BCUT2D eigenvalue weighted by Crippen LogP contribution is 2.19. The number of aliphatic carboxylic acids is 1. The summed E-state index contributed by atoms with van der Waals surface area (Å²) < 4.78 is 23.1. The van der Waals surface area contributed by atoms with Gasteiger partial charge in [-0.25, -0.2) is 9.18 Å². The molecule has 1 aromatic carbocycles. The van der Waals surface area contributed by atoms with Gasteiger partial charge in [0.25, 0.3) is 0 Å². The zero-order valence-corrected chi connectivity index (χ0v) is 12.0. The maximum atomic E-state index is 12.7. The lowest BCUT2D eigenvalue weighted by Gasteiger charge is -2.23. The topological polar surface area (TPSA) is 84.9 Å². The lowest BCUT2D eigenvalue weighted by Crippen LogP contribution is -2.55. The first-order chi connectivity index (χ1) is 10.5. The number of halogens is 1. The zero-order valence-electron chi connectivity index (χ0n) is 12.0. The number of nitrogens with one attached hydrogen (secondary N) is 1. The summed E-state index contributed by atoms with van der Waals surface area (Å²) in [6, 6.07) is 5.59. The maximum absolute atomic E-state index is 12.7. The van der Waals surface area contributed by atoms with Crippen LogP contribution in [0.3, 0.4) is 0 Å². The minimum atomic E-state index is -1.31. The normalized spacial score (nSPS) is 20.6. The monoisotopic (exact) mass is 311 g/mol. The van der Waals surface area contributed by atoms with Gasteiger partial charge in [0.1, 0.15) is 11.6 Å². The molecule has 2 N–H and O–H groups in total. The Labute approximate surface area is 127 Å². The Morgan fingerprint density at radius 1 is 1.36 bits per heavy atom. The van der Waals surface area contributed by atoms with Crippen molar-refractivity contribution in [3.8, 4) is 5.75 Å². The first kappa shape index (κ1) is 16.2. The second-order valence-corrected chi connectivity index (χ2v) is 5.14. The third-order valence-corrected chi connectivity index (χ3v) is 3.44. The van der Waals surface area contributed by atoms with Crippen LogP contribution in [0.4, 0.5) is 4.39 Å². The molecule has 0 bridgehead atoms. The van der Waals surface area contributed by atoms with Gasteiger partial charge in [0.2, 0.25) is 5.91 Å². The summed E-state index contributed by atoms with van der Waals surface area (Å²) in [5.74, 6) is -1.26. The molecule has 6 nitrogen and oxygen atoms in total. The Balaban J connectivity index is 1.71. The van der Waals surface area contributed by atoms with Crippen LogP contribution in [0.1, 0.15) is 19.3 Å². The molecule has 7 heteroatoms. The first-order valence-electron chi connectivity index (χ1n) is 7.02. The van der Waals surface area contributed by atoms with E-state index in [-0.39, 0.29) is 37.8 Å². The summed E-state index contributed by atoms with van der Waals surface area (Å²) in [5, 5.41) is 11.7. The van der Waals surface area contributed by atoms with E-state index in [1.54, 1.807) is 0 Å². The van der Waals surface area contributed by atoms with Gasteiger partial charge < -0.3 is 19.9 Å². The van der Waals surface area contributed by atoms with Gasteiger partial charge in [-0.2, -0.15) is 0 Å². The van der Waals surface area contributed by atoms with Crippen molar-refractivity contribution >= 4 is 11.9 Å². The molecule has 1 saturated heterocycles. The summed E-state index contributed by atoms with van der Waals surface area (Å²) in [6.07, 6.45) is 0.843. The van der Waals surface area contributed by atoms with Gasteiger partial charge in [-0.05, 0) is 30.7 Å². The Bertz CT molecular complexity index is 525. The fraction of sp³-hybridized carbons (Fsp3) is 0.467. The number of carboxylic acid groups (broad SMARTS) is 1. The van der Waals surface area contributed by atoms with Gasteiger partial charge in [-0.3, -0.25) is 4.79 Å². The van der Waals surface area contributed by atoms with Gasteiger partial charge in [0.05, 0.1) is 13.2 Å². The van der Waals surface area contributed by atoms with E-state index < -0.39 is 11.5 Å². The number of hydrogen-bond donors (Lipinski definition) is 2. The van der Waals surface area contributed by atoms with E-state index in [0.29, 0.717) is 18.8 Å². The largest absolute Gasteiger partial charge is 0.494 e. The fourth-order valence-electron chi connectivity index (χ4n) is 2.17. The summed E-state index contributed by atoms with van der Waals surface area (Å²) in [7, 11) is 0. The van der Waals surface area contributed by atoms with Crippen molar-refractivity contribution in [3.05, 3.63) is 30.1 Å². The Kier molecular flexibility index (Phi) is 5.32. The second-order valence-electron chi connectivity index (χ2n) is 5.14. The molecule has 2 rings (SSSR count). The number of carboxylic acids is 1. The molecule has 0 aromatic heterocycles. The number of amides is 1. The number of ether oxygens (including phenoxy) is 2. The Morgan fingerprint density at radius 3 is 2.68 bits per heavy atom. The van der Waals surface area contributed by atoms with E-state index in [9.17, 15) is 19.1 Å². The molecular weight excluding hydrogens is 293 g/mol. The average molecular weight is 311 g/mol. The van der Waals surface area contributed by atoms with Crippen LogP contribution in [0.25, 0.3) is 0 Å². The zero-order chi connectivity index (χ0) is 16.0. The molecule has 22 heavy (non-hydrogen) atoms. The number of hydrogen-bond acceptors (Lipinski definition) is 4. The number of rotatable bonds is 7. The highest BCUT2D eigenvalue weighted by Gasteiger charge is 2.43. The molecule has 0 spiro atoms. The molecular formula is C15H18FNO5. The second kappa shape index (κ2) is 7.22. The summed E-state index contributed by atoms with van der Waals surface area (Å²) in [4.78, 5) is 23.1. The van der Waals surface area contributed by atoms with Crippen LogP contribution in [0.5, 0.6) is 5.75 Å². The van der Waals surface area contributed by atoms with E-state index in [0.717, 1.165) is 0 Å². The number of carbonyl (C=O) groups excluding carboxylic acids is 1. The smallest absolute Gasteiger partial charge is 0.331 e. The molecule has 1 atom stereocenters. The van der Waals surface area contributed by atoms with Crippen LogP contribution in [0, 0.1) is 5.82 Å². The van der Waals surface area contributed by atoms with Crippen molar-refractivity contribution in [1.29, 1.82) is 0 Å². The van der Waals surface area contributed by atoms with E-state index in [2.05, 4.69) is 5.32 Å². The van der Waals surface area contributed by atoms with Crippen LogP contribution >= 0.6 is 0 Å². The molecule has 120 valence electrons. The number of carbonyl (C=O) groups is 2. The van der Waals surface area contributed by atoms with Crippen LogP contribution in [0.15, 0.2) is 24.3 Å². The van der Waals surface area contributed by atoms with Gasteiger partial charge in [-0.1, -0.05) is 0 Å².